The van der Waals surface area contributed by atoms with Crippen molar-refractivity contribution in [1.29, 1.82) is 0 Å². The van der Waals surface area contributed by atoms with Gasteiger partial charge in [0.25, 0.3) is 0 Å². The smallest absolute Gasteiger partial charge is 0.0222 e. The Bertz CT molecular complexity index is 273. The van der Waals surface area contributed by atoms with Crippen LogP contribution in [-0.2, 0) is 19.4 Å². The van der Waals surface area contributed by atoms with Crippen LogP contribution < -0.4 is 0 Å². The fourth-order valence-electron chi connectivity index (χ4n) is 2.13. The van der Waals surface area contributed by atoms with Gasteiger partial charge in [-0.3, -0.25) is 0 Å². The molecule has 0 amide bonds. The third kappa shape index (κ3) is 3.40. The molecule has 0 aromatic carbocycles. The van der Waals surface area contributed by atoms with Crippen LogP contribution in [0.4, 0.5) is 0 Å². The minimum absolute atomic E-state index is 1.20. The molecule has 0 N–H and O–H groups in total. The highest BCUT2D eigenvalue weighted by molar-refractivity contribution is 5.23. The lowest BCUT2D eigenvalue weighted by atomic mass is 10.1. The molecule has 0 unspecified atom stereocenters. The number of nitrogens with zero attached hydrogens (tertiary/aromatic N) is 1. The molecule has 0 radical (unpaired) electrons. The van der Waals surface area contributed by atoms with E-state index in [4.69, 9.17) is 0 Å². The van der Waals surface area contributed by atoms with Gasteiger partial charge < -0.3 is 4.57 Å². The van der Waals surface area contributed by atoms with Crippen LogP contribution in [0.5, 0.6) is 0 Å². The number of aromatic nitrogens is 1. The Morgan fingerprint density at radius 2 is 1.73 bits per heavy atom. The first kappa shape index (κ1) is 12.4. The van der Waals surface area contributed by atoms with Gasteiger partial charge in [-0.1, -0.05) is 40.0 Å². The van der Waals surface area contributed by atoms with Crippen molar-refractivity contribution in [1.82, 2.24) is 4.57 Å². The average Bonchev–Trinajstić information content (AvgIpc) is 2.60. The zero-order valence-electron chi connectivity index (χ0n) is 10.6. The molecule has 0 saturated carbocycles. The van der Waals surface area contributed by atoms with E-state index in [-0.39, 0.29) is 0 Å². The number of aryl methyl sites for hydroxylation is 2. The average molecular weight is 207 g/mol. The summed E-state index contributed by atoms with van der Waals surface area (Å²) in [5.41, 5.74) is 3.17. The van der Waals surface area contributed by atoms with Gasteiger partial charge >= 0.3 is 0 Å². The quantitative estimate of drug-likeness (QED) is 0.631. The molecular weight excluding hydrogens is 182 g/mol. The molecular formula is C14H25N. The van der Waals surface area contributed by atoms with Crippen molar-refractivity contribution < 1.29 is 0 Å². The van der Waals surface area contributed by atoms with E-state index in [9.17, 15) is 0 Å². The summed E-state index contributed by atoms with van der Waals surface area (Å²) in [6.07, 6.45) is 9.87. The van der Waals surface area contributed by atoms with E-state index in [2.05, 4.69) is 37.6 Å². The van der Waals surface area contributed by atoms with Crippen LogP contribution in [0, 0.1) is 0 Å². The number of unbranched alkanes of at least 4 members (excludes halogenated alkanes) is 1. The number of rotatable bonds is 7. The fourth-order valence-corrected chi connectivity index (χ4v) is 2.13. The molecule has 0 spiro atoms. The van der Waals surface area contributed by atoms with Crippen LogP contribution in [0.25, 0.3) is 0 Å². The maximum absolute atomic E-state index is 2.47. The Morgan fingerprint density at radius 3 is 2.33 bits per heavy atom. The Labute approximate surface area is 94.5 Å². The van der Waals surface area contributed by atoms with Crippen LogP contribution >= 0.6 is 0 Å². The highest BCUT2D eigenvalue weighted by Crippen LogP contribution is 2.16. The number of hydrogen-bond acceptors (Lipinski definition) is 0. The topological polar surface area (TPSA) is 4.93 Å². The fraction of sp³-hybridized carbons (Fsp3) is 0.714. The van der Waals surface area contributed by atoms with Gasteiger partial charge in [0.15, 0.2) is 0 Å². The zero-order valence-corrected chi connectivity index (χ0v) is 10.6. The standard InChI is InChI=1S/C14H25N/c1-4-7-11-15-12-10-13(8-5-2)14(15)9-6-3/h10,12H,4-9,11H2,1-3H3. The Kier molecular flexibility index (Phi) is 5.52. The monoisotopic (exact) mass is 207 g/mol. The molecule has 15 heavy (non-hydrogen) atoms. The summed E-state index contributed by atoms with van der Waals surface area (Å²) in [4.78, 5) is 0. The van der Waals surface area contributed by atoms with E-state index in [1.807, 2.05) is 0 Å². The number of hydrogen-bond donors (Lipinski definition) is 0. The third-order valence-corrected chi connectivity index (χ3v) is 2.93. The van der Waals surface area contributed by atoms with Gasteiger partial charge in [-0.25, -0.2) is 0 Å². The van der Waals surface area contributed by atoms with Crippen LogP contribution in [0.1, 0.15) is 57.7 Å². The normalized spacial score (nSPS) is 10.9. The third-order valence-electron chi connectivity index (χ3n) is 2.93. The second kappa shape index (κ2) is 6.71. The maximum atomic E-state index is 2.47. The van der Waals surface area contributed by atoms with E-state index in [1.165, 1.54) is 45.1 Å². The molecule has 1 nitrogen and oxygen atoms in total. The maximum Gasteiger partial charge on any atom is 0.0222 e. The lowest BCUT2D eigenvalue weighted by Gasteiger charge is -2.10. The van der Waals surface area contributed by atoms with Crippen LogP contribution in [0.2, 0.25) is 0 Å². The van der Waals surface area contributed by atoms with Crippen molar-refractivity contribution in [3.05, 3.63) is 23.5 Å². The summed E-state index contributed by atoms with van der Waals surface area (Å²) in [6, 6.07) is 2.32. The predicted molar refractivity (Wildman–Crippen MR) is 67.3 cm³/mol. The largest absolute Gasteiger partial charge is 0.351 e. The van der Waals surface area contributed by atoms with E-state index < -0.39 is 0 Å². The lowest BCUT2D eigenvalue weighted by Crippen LogP contribution is -2.03. The summed E-state index contributed by atoms with van der Waals surface area (Å²) < 4.78 is 2.47. The Morgan fingerprint density at radius 1 is 1.00 bits per heavy atom. The lowest BCUT2D eigenvalue weighted by molar-refractivity contribution is 0.603. The van der Waals surface area contributed by atoms with Crippen molar-refractivity contribution in [2.45, 2.75) is 65.8 Å². The van der Waals surface area contributed by atoms with E-state index >= 15 is 0 Å². The minimum atomic E-state index is 1.20. The SMILES string of the molecule is CCCCn1ccc(CCC)c1CCC. The van der Waals surface area contributed by atoms with Crippen LogP contribution in [0.15, 0.2) is 12.3 Å². The summed E-state index contributed by atoms with van der Waals surface area (Å²) >= 11 is 0. The molecule has 0 aliphatic heterocycles. The highest BCUT2D eigenvalue weighted by Gasteiger charge is 2.06. The van der Waals surface area contributed by atoms with Gasteiger partial charge in [0.1, 0.15) is 0 Å². The van der Waals surface area contributed by atoms with Gasteiger partial charge in [-0.15, -0.1) is 0 Å². The van der Waals surface area contributed by atoms with Crippen LogP contribution in [-0.4, -0.2) is 4.57 Å². The molecule has 1 heterocycles. The molecule has 0 bridgehead atoms. The van der Waals surface area contributed by atoms with E-state index in [0.29, 0.717) is 0 Å². The summed E-state index contributed by atoms with van der Waals surface area (Å²) in [7, 11) is 0. The van der Waals surface area contributed by atoms with Gasteiger partial charge in [0, 0.05) is 18.4 Å². The molecule has 0 aliphatic carbocycles. The van der Waals surface area contributed by atoms with Crippen molar-refractivity contribution in [3.63, 3.8) is 0 Å². The van der Waals surface area contributed by atoms with Gasteiger partial charge in [-0.2, -0.15) is 0 Å². The molecule has 1 aromatic rings. The minimum Gasteiger partial charge on any atom is -0.351 e. The molecule has 1 rings (SSSR count). The molecule has 86 valence electrons. The molecule has 0 atom stereocenters. The molecule has 0 aliphatic rings. The second-order valence-corrected chi connectivity index (χ2v) is 4.33. The van der Waals surface area contributed by atoms with E-state index in [0.717, 1.165) is 0 Å². The molecule has 1 aromatic heterocycles. The summed E-state index contributed by atoms with van der Waals surface area (Å²) in [6.45, 7) is 8.00. The molecule has 1 heteroatoms. The van der Waals surface area contributed by atoms with Crippen molar-refractivity contribution in [3.8, 4) is 0 Å². The Balaban J connectivity index is 2.75. The second-order valence-electron chi connectivity index (χ2n) is 4.33. The van der Waals surface area contributed by atoms with Crippen molar-refractivity contribution >= 4 is 0 Å². The first-order valence-electron chi connectivity index (χ1n) is 6.50. The summed E-state index contributed by atoms with van der Waals surface area (Å²) in [5.74, 6) is 0. The molecule has 0 fully saturated rings. The van der Waals surface area contributed by atoms with Crippen LogP contribution in [0.3, 0.4) is 0 Å². The van der Waals surface area contributed by atoms with E-state index in [1.54, 1.807) is 11.3 Å². The van der Waals surface area contributed by atoms with Gasteiger partial charge in [0.05, 0.1) is 0 Å². The zero-order chi connectivity index (χ0) is 11.1. The predicted octanol–water partition coefficient (Wildman–Crippen LogP) is 4.19. The Hall–Kier alpha value is -0.720. The first-order valence-corrected chi connectivity index (χ1v) is 6.50. The van der Waals surface area contributed by atoms with Gasteiger partial charge in [0.2, 0.25) is 0 Å². The molecule has 0 saturated heterocycles. The highest BCUT2D eigenvalue weighted by atomic mass is 15.0. The van der Waals surface area contributed by atoms with Crippen molar-refractivity contribution in [2.75, 3.05) is 0 Å². The van der Waals surface area contributed by atoms with Crippen molar-refractivity contribution in [2.24, 2.45) is 0 Å². The first-order chi connectivity index (χ1) is 7.33. The summed E-state index contributed by atoms with van der Waals surface area (Å²) in [5, 5.41) is 0. The van der Waals surface area contributed by atoms with Gasteiger partial charge in [-0.05, 0) is 30.9 Å².